The summed E-state index contributed by atoms with van der Waals surface area (Å²) in [6.07, 6.45) is 0. The normalized spacial score (nSPS) is 10.9. The van der Waals surface area contributed by atoms with Gasteiger partial charge in [-0.2, -0.15) is 0 Å². The number of nitrogens with two attached hydrogens (primary N) is 1. The van der Waals surface area contributed by atoms with E-state index in [0.29, 0.717) is 22.7 Å². The highest BCUT2D eigenvalue weighted by atomic mass is 16.3. The second-order valence-corrected chi connectivity index (χ2v) is 4.27. The van der Waals surface area contributed by atoms with Crippen LogP contribution in [0, 0.1) is 6.92 Å². The number of aryl methyl sites for hydroxylation is 1. The lowest BCUT2D eigenvalue weighted by molar-refractivity contribution is 0.473. The van der Waals surface area contributed by atoms with Gasteiger partial charge in [-0.15, -0.1) is 0 Å². The number of hydrogen-bond donors (Lipinski definition) is 2. The van der Waals surface area contributed by atoms with Gasteiger partial charge in [-0.1, -0.05) is 6.07 Å². The molecule has 4 heteroatoms. The Balaban J connectivity index is 2.19. The monoisotopic (exact) mass is 240 g/mol. The summed E-state index contributed by atoms with van der Waals surface area (Å²) in [4.78, 5) is 4.33. The van der Waals surface area contributed by atoms with Gasteiger partial charge in [-0.05, 0) is 36.8 Å². The van der Waals surface area contributed by atoms with E-state index >= 15 is 0 Å². The third-order valence-corrected chi connectivity index (χ3v) is 2.80. The van der Waals surface area contributed by atoms with Crippen molar-refractivity contribution in [2.24, 2.45) is 0 Å². The molecule has 0 bridgehead atoms. The smallest absolute Gasteiger partial charge is 0.231 e. The molecule has 0 atom stereocenters. The van der Waals surface area contributed by atoms with E-state index in [1.54, 1.807) is 30.3 Å². The number of oxazole rings is 1. The molecular formula is C14H12N2O2. The summed E-state index contributed by atoms with van der Waals surface area (Å²) < 4.78 is 5.60. The van der Waals surface area contributed by atoms with E-state index in [2.05, 4.69) is 4.98 Å². The fourth-order valence-electron chi connectivity index (χ4n) is 1.88. The molecule has 0 fully saturated rings. The van der Waals surface area contributed by atoms with Gasteiger partial charge in [0.1, 0.15) is 11.3 Å². The first-order valence-corrected chi connectivity index (χ1v) is 5.59. The molecule has 90 valence electrons. The summed E-state index contributed by atoms with van der Waals surface area (Å²) in [6, 6.07) is 10.7. The van der Waals surface area contributed by atoms with E-state index < -0.39 is 0 Å². The van der Waals surface area contributed by atoms with Crippen molar-refractivity contribution in [1.29, 1.82) is 0 Å². The highest BCUT2D eigenvalue weighted by Crippen LogP contribution is 2.31. The molecule has 3 rings (SSSR count). The second kappa shape index (κ2) is 3.77. The Bertz CT molecular complexity index is 732. The van der Waals surface area contributed by atoms with E-state index in [1.807, 2.05) is 13.0 Å². The summed E-state index contributed by atoms with van der Waals surface area (Å²) in [5, 5.41) is 9.90. The zero-order chi connectivity index (χ0) is 12.7. The number of fused-ring (bicyclic) bond motifs is 1. The van der Waals surface area contributed by atoms with Crippen LogP contribution in [0.3, 0.4) is 0 Å². The van der Waals surface area contributed by atoms with E-state index in [4.69, 9.17) is 10.2 Å². The number of benzene rings is 2. The Kier molecular flexibility index (Phi) is 2.23. The van der Waals surface area contributed by atoms with Gasteiger partial charge in [-0.25, -0.2) is 4.98 Å². The summed E-state index contributed by atoms with van der Waals surface area (Å²) in [5.74, 6) is 0.558. The van der Waals surface area contributed by atoms with Gasteiger partial charge in [0.15, 0.2) is 5.58 Å². The van der Waals surface area contributed by atoms with Crippen LogP contribution in [-0.2, 0) is 0 Å². The predicted octanol–water partition coefficient (Wildman–Crippen LogP) is 3.09. The van der Waals surface area contributed by atoms with Crippen LogP contribution in [0.25, 0.3) is 22.6 Å². The molecule has 1 aromatic heterocycles. The summed E-state index contributed by atoms with van der Waals surface area (Å²) in [7, 11) is 0. The van der Waals surface area contributed by atoms with E-state index in [0.717, 1.165) is 11.1 Å². The minimum absolute atomic E-state index is 0.162. The van der Waals surface area contributed by atoms with Crippen molar-refractivity contribution in [3.05, 3.63) is 42.0 Å². The Morgan fingerprint density at radius 2 is 2.00 bits per heavy atom. The van der Waals surface area contributed by atoms with Crippen LogP contribution in [-0.4, -0.2) is 10.1 Å². The van der Waals surface area contributed by atoms with Gasteiger partial charge < -0.3 is 15.3 Å². The van der Waals surface area contributed by atoms with E-state index in [-0.39, 0.29) is 5.75 Å². The van der Waals surface area contributed by atoms with Crippen molar-refractivity contribution < 1.29 is 9.52 Å². The van der Waals surface area contributed by atoms with Crippen LogP contribution in [0.5, 0.6) is 5.75 Å². The zero-order valence-corrected chi connectivity index (χ0v) is 9.84. The van der Waals surface area contributed by atoms with Gasteiger partial charge in [0.25, 0.3) is 0 Å². The van der Waals surface area contributed by atoms with Gasteiger partial charge in [0, 0.05) is 11.8 Å². The van der Waals surface area contributed by atoms with Crippen LogP contribution in [0.2, 0.25) is 0 Å². The van der Waals surface area contributed by atoms with Crippen molar-refractivity contribution in [2.75, 3.05) is 5.73 Å². The average Bonchev–Trinajstić information content (AvgIpc) is 2.71. The lowest BCUT2D eigenvalue weighted by Gasteiger charge is -2.00. The highest BCUT2D eigenvalue weighted by Gasteiger charge is 2.12. The molecule has 0 amide bonds. The number of phenols is 1. The standard InChI is InChI=1S/C14H12N2O2/c1-8-2-4-10(12(17)6-8)14-16-11-5-3-9(15)7-13(11)18-14/h2-7,17H,15H2,1H3. The number of phenolic OH excluding ortho intramolecular Hbond substituents is 1. The lowest BCUT2D eigenvalue weighted by Crippen LogP contribution is -1.81. The topological polar surface area (TPSA) is 72.3 Å². The fraction of sp³-hybridized carbons (Fsp3) is 0.0714. The molecule has 1 heterocycles. The summed E-state index contributed by atoms with van der Waals surface area (Å²) in [5.41, 5.74) is 9.21. The first kappa shape index (κ1) is 10.7. The number of nitrogens with zero attached hydrogens (tertiary/aromatic N) is 1. The van der Waals surface area contributed by atoms with Gasteiger partial charge in [0.05, 0.1) is 5.56 Å². The molecule has 0 radical (unpaired) electrons. The van der Waals surface area contributed by atoms with Gasteiger partial charge in [0.2, 0.25) is 5.89 Å². The number of hydrogen-bond acceptors (Lipinski definition) is 4. The number of aromatic hydroxyl groups is 1. The molecule has 0 aliphatic carbocycles. The Labute approximate surface area is 104 Å². The molecule has 0 aliphatic heterocycles. The molecule has 0 spiro atoms. The van der Waals surface area contributed by atoms with Gasteiger partial charge in [-0.3, -0.25) is 0 Å². The maximum atomic E-state index is 9.90. The van der Waals surface area contributed by atoms with Gasteiger partial charge >= 0.3 is 0 Å². The largest absolute Gasteiger partial charge is 0.507 e. The quantitative estimate of drug-likeness (QED) is 0.641. The fourth-order valence-corrected chi connectivity index (χ4v) is 1.88. The Morgan fingerprint density at radius 1 is 1.17 bits per heavy atom. The average molecular weight is 240 g/mol. The summed E-state index contributed by atoms with van der Waals surface area (Å²) >= 11 is 0. The number of aromatic nitrogens is 1. The molecule has 3 aromatic rings. The van der Waals surface area contributed by atoms with Crippen LogP contribution in [0.1, 0.15) is 5.56 Å². The first-order chi connectivity index (χ1) is 8.63. The molecule has 0 saturated heterocycles. The maximum Gasteiger partial charge on any atom is 0.231 e. The molecule has 0 saturated carbocycles. The van der Waals surface area contributed by atoms with Crippen LogP contribution in [0.4, 0.5) is 5.69 Å². The minimum Gasteiger partial charge on any atom is -0.507 e. The van der Waals surface area contributed by atoms with E-state index in [1.165, 1.54) is 0 Å². The molecule has 4 nitrogen and oxygen atoms in total. The predicted molar refractivity (Wildman–Crippen MR) is 70.3 cm³/mol. The van der Waals surface area contributed by atoms with Crippen LogP contribution in [0.15, 0.2) is 40.8 Å². The third kappa shape index (κ3) is 1.68. The number of nitrogen functional groups attached to an aromatic ring is 1. The minimum atomic E-state index is 0.162. The molecule has 3 N–H and O–H groups in total. The zero-order valence-electron chi connectivity index (χ0n) is 9.84. The number of anilines is 1. The molecule has 0 unspecified atom stereocenters. The number of rotatable bonds is 1. The third-order valence-electron chi connectivity index (χ3n) is 2.80. The van der Waals surface area contributed by atoms with Crippen molar-refractivity contribution in [2.45, 2.75) is 6.92 Å². The van der Waals surface area contributed by atoms with Crippen molar-refractivity contribution in [3.63, 3.8) is 0 Å². The Hall–Kier alpha value is -2.49. The SMILES string of the molecule is Cc1ccc(-c2nc3ccc(N)cc3o2)c(O)c1. The lowest BCUT2D eigenvalue weighted by atomic mass is 10.1. The first-order valence-electron chi connectivity index (χ1n) is 5.59. The second-order valence-electron chi connectivity index (χ2n) is 4.27. The summed E-state index contributed by atoms with van der Waals surface area (Å²) in [6.45, 7) is 1.91. The van der Waals surface area contributed by atoms with Crippen LogP contribution >= 0.6 is 0 Å². The van der Waals surface area contributed by atoms with Crippen molar-refractivity contribution >= 4 is 16.8 Å². The molecule has 2 aromatic carbocycles. The van der Waals surface area contributed by atoms with E-state index in [9.17, 15) is 5.11 Å². The molecular weight excluding hydrogens is 228 g/mol. The van der Waals surface area contributed by atoms with Crippen LogP contribution < -0.4 is 5.73 Å². The maximum absolute atomic E-state index is 9.90. The van der Waals surface area contributed by atoms with Crippen molar-refractivity contribution in [3.8, 4) is 17.2 Å². The van der Waals surface area contributed by atoms with Crippen molar-refractivity contribution in [1.82, 2.24) is 4.98 Å². The highest BCUT2D eigenvalue weighted by molar-refractivity contribution is 5.80. The molecule has 18 heavy (non-hydrogen) atoms. The molecule has 0 aliphatic rings. The Morgan fingerprint density at radius 3 is 2.78 bits per heavy atom.